The van der Waals surface area contributed by atoms with Gasteiger partial charge in [-0.25, -0.2) is 9.18 Å². The second-order valence-electron chi connectivity index (χ2n) is 7.19. The predicted molar refractivity (Wildman–Crippen MR) is 84.4 cm³/mol. The van der Waals surface area contributed by atoms with Gasteiger partial charge in [-0.2, -0.15) is 13.2 Å². The summed E-state index contributed by atoms with van der Waals surface area (Å²) in [5, 5.41) is 0. The third-order valence-corrected chi connectivity index (χ3v) is 3.93. The van der Waals surface area contributed by atoms with Gasteiger partial charge in [-0.05, 0) is 32.9 Å². The first-order valence-electron chi connectivity index (χ1n) is 8.07. The maximum atomic E-state index is 15.0. The first-order chi connectivity index (χ1) is 11.8. The van der Waals surface area contributed by atoms with Crippen LogP contribution in [0.25, 0.3) is 0 Å². The largest absolute Gasteiger partial charge is 0.444 e. The molecule has 9 heteroatoms. The molecule has 2 rings (SSSR count). The van der Waals surface area contributed by atoms with E-state index in [1.165, 1.54) is 4.90 Å². The number of piperidine rings is 1. The van der Waals surface area contributed by atoms with Gasteiger partial charge in [-0.1, -0.05) is 0 Å². The molecule has 0 saturated carbocycles. The van der Waals surface area contributed by atoms with E-state index in [1.807, 2.05) is 0 Å². The molecule has 0 spiro atoms. The van der Waals surface area contributed by atoms with Crippen molar-refractivity contribution in [1.82, 2.24) is 9.88 Å². The molecular formula is C17H20F4N2O3. The molecule has 1 fully saturated rings. The summed E-state index contributed by atoms with van der Waals surface area (Å²) in [5.41, 5.74) is -4.32. The number of alkyl halides is 4. The number of likely N-dealkylation sites (tertiary alicyclic amines) is 1. The topological polar surface area (TPSA) is 59.5 Å². The van der Waals surface area contributed by atoms with Crippen molar-refractivity contribution in [3.63, 3.8) is 0 Å². The lowest BCUT2D eigenvalue weighted by Gasteiger charge is -2.36. The third kappa shape index (κ3) is 4.70. The van der Waals surface area contributed by atoms with Crippen LogP contribution in [0.3, 0.4) is 0 Å². The summed E-state index contributed by atoms with van der Waals surface area (Å²) in [5.74, 6) is -0.928. The van der Waals surface area contributed by atoms with E-state index < -0.39 is 35.0 Å². The van der Waals surface area contributed by atoms with Crippen molar-refractivity contribution in [1.29, 1.82) is 0 Å². The average Bonchev–Trinajstić information content (AvgIpc) is 2.52. The molecule has 144 valence electrons. The maximum Gasteiger partial charge on any atom is 0.433 e. The molecule has 0 aromatic carbocycles. The van der Waals surface area contributed by atoms with E-state index in [0.29, 0.717) is 6.07 Å². The van der Waals surface area contributed by atoms with E-state index in [0.717, 1.165) is 12.3 Å². The minimum absolute atomic E-state index is 0.0226. The highest BCUT2D eigenvalue weighted by Crippen LogP contribution is 2.32. The molecule has 0 radical (unpaired) electrons. The van der Waals surface area contributed by atoms with Crippen molar-refractivity contribution in [2.75, 3.05) is 13.1 Å². The van der Waals surface area contributed by atoms with E-state index in [2.05, 4.69) is 4.98 Å². The predicted octanol–water partition coefficient (Wildman–Crippen LogP) is 4.02. The van der Waals surface area contributed by atoms with Gasteiger partial charge in [-0.3, -0.25) is 9.78 Å². The Kier molecular flexibility index (Phi) is 5.30. The normalized spacial score (nSPS) is 17.7. The van der Waals surface area contributed by atoms with Crippen molar-refractivity contribution < 1.29 is 31.9 Å². The Morgan fingerprint density at radius 3 is 2.15 bits per heavy atom. The molecule has 0 aliphatic carbocycles. The summed E-state index contributed by atoms with van der Waals surface area (Å²) in [6.07, 6.45) is -5.01. The van der Waals surface area contributed by atoms with Gasteiger partial charge in [0.25, 0.3) is 0 Å². The van der Waals surface area contributed by atoms with Crippen LogP contribution in [0.15, 0.2) is 18.3 Å². The number of hydrogen-bond donors (Lipinski definition) is 0. The summed E-state index contributed by atoms with van der Waals surface area (Å²) in [4.78, 5) is 28.8. The minimum Gasteiger partial charge on any atom is -0.444 e. The van der Waals surface area contributed by atoms with Gasteiger partial charge in [0, 0.05) is 37.7 Å². The molecule has 1 saturated heterocycles. The molecule has 2 heterocycles. The van der Waals surface area contributed by atoms with Crippen molar-refractivity contribution in [2.24, 2.45) is 0 Å². The van der Waals surface area contributed by atoms with Crippen molar-refractivity contribution in [3.05, 3.63) is 29.6 Å². The highest BCUT2D eigenvalue weighted by molar-refractivity contribution is 6.02. The number of carbonyl (C=O) groups excluding carboxylic acids is 2. The molecule has 0 N–H and O–H groups in total. The lowest BCUT2D eigenvalue weighted by Crippen LogP contribution is -2.49. The number of hydrogen-bond acceptors (Lipinski definition) is 4. The van der Waals surface area contributed by atoms with E-state index in [9.17, 15) is 27.2 Å². The second-order valence-corrected chi connectivity index (χ2v) is 7.19. The van der Waals surface area contributed by atoms with Gasteiger partial charge in [0.05, 0.1) is 0 Å². The molecule has 0 atom stereocenters. The number of rotatable bonds is 2. The van der Waals surface area contributed by atoms with Crippen LogP contribution in [0.2, 0.25) is 0 Å². The van der Waals surface area contributed by atoms with E-state index in [1.54, 1.807) is 20.8 Å². The Morgan fingerprint density at radius 1 is 1.15 bits per heavy atom. The molecule has 1 aliphatic heterocycles. The summed E-state index contributed by atoms with van der Waals surface area (Å²) >= 11 is 0. The molecular weight excluding hydrogens is 356 g/mol. The van der Waals surface area contributed by atoms with Gasteiger partial charge in [0.15, 0.2) is 5.67 Å². The van der Waals surface area contributed by atoms with Crippen LogP contribution >= 0.6 is 0 Å². The fourth-order valence-electron chi connectivity index (χ4n) is 2.55. The number of ketones is 1. The molecule has 0 bridgehead atoms. The molecule has 1 aliphatic rings. The Bertz CT molecular complexity index is 673. The van der Waals surface area contributed by atoms with Crippen molar-refractivity contribution in [3.8, 4) is 0 Å². The van der Waals surface area contributed by atoms with E-state index in [-0.39, 0.29) is 31.5 Å². The van der Waals surface area contributed by atoms with Gasteiger partial charge >= 0.3 is 12.3 Å². The fraction of sp³-hybridized carbons (Fsp3) is 0.588. The average molecular weight is 376 g/mol. The first-order valence-corrected chi connectivity index (χ1v) is 8.07. The van der Waals surface area contributed by atoms with Gasteiger partial charge in [0.2, 0.25) is 5.78 Å². The van der Waals surface area contributed by atoms with Crippen LogP contribution in [0.4, 0.5) is 22.4 Å². The van der Waals surface area contributed by atoms with Crippen LogP contribution < -0.4 is 0 Å². The van der Waals surface area contributed by atoms with E-state index in [4.69, 9.17) is 4.74 Å². The van der Waals surface area contributed by atoms with E-state index >= 15 is 0 Å². The molecule has 1 amide bonds. The quantitative estimate of drug-likeness (QED) is 0.578. The molecule has 5 nitrogen and oxygen atoms in total. The van der Waals surface area contributed by atoms with Crippen LogP contribution in [0.5, 0.6) is 0 Å². The van der Waals surface area contributed by atoms with Gasteiger partial charge < -0.3 is 9.64 Å². The number of carbonyl (C=O) groups is 2. The third-order valence-electron chi connectivity index (χ3n) is 3.93. The van der Waals surface area contributed by atoms with Crippen LogP contribution in [0, 0.1) is 0 Å². The zero-order chi connectivity index (χ0) is 19.8. The second kappa shape index (κ2) is 6.85. The number of Topliss-reactive ketones (excluding diaryl/α,β-unsaturated/α-hetero) is 1. The summed E-state index contributed by atoms with van der Waals surface area (Å²) in [7, 11) is 0. The molecule has 26 heavy (non-hydrogen) atoms. The minimum atomic E-state index is -4.63. The Balaban J connectivity index is 2.03. The molecule has 1 aromatic heterocycles. The first kappa shape index (κ1) is 20.1. The number of ether oxygens (including phenoxy) is 1. The monoisotopic (exact) mass is 376 g/mol. The SMILES string of the molecule is CC(C)(C)OC(=O)N1CCC(F)(C(=O)c2ccc(C(F)(F)F)nc2)CC1. The summed E-state index contributed by atoms with van der Waals surface area (Å²) < 4.78 is 57.7. The highest BCUT2D eigenvalue weighted by atomic mass is 19.4. The lowest BCUT2D eigenvalue weighted by atomic mass is 9.86. The smallest absolute Gasteiger partial charge is 0.433 e. The zero-order valence-electron chi connectivity index (χ0n) is 14.7. The highest BCUT2D eigenvalue weighted by Gasteiger charge is 2.44. The number of nitrogens with zero attached hydrogens (tertiary/aromatic N) is 2. The standard InChI is InChI=1S/C17H20F4N2O3/c1-15(2,3)26-14(25)23-8-6-16(18,7-9-23)13(24)11-4-5-12(22-10-11)17(19,20)21/h4-5,10H,6-9H2,1-3H3. The van der Waals surface area contributed by atoms with Gasteiger partial charge in [-0.15, -0.1) is 0 Å². The Hall–Kier alpha value is -2.19. The van der Waals surface area contributed by atoms with Crippen LogP contribution in [-0.4, -0.2) is 46.1 Å². The van der Waals surface area contributed by atoms with Crippen LogP contribution in [-0.2, 0) is 10.9 Å². The lowest BCUT2D eigenvalue weighted by molar-refractivity contribution is -0.141. The maximum absolute atomic E-state index is 15.0. The Labute approximate surface area is 148 Å². The fourth-order valence-corrected chi connectivity index (χ4v) is 2.55. The Morgan fingerprint density at radius 2 is 1.73 bits per heavy atom. The summed E-state index contributed by atoms with van der Waals surface area (Å²) in [6.45, 7) is 5.07. The summed E-state index contributed by atoms with van der Waals surface area (Å²) in [6, 6.07) is 1.56. The van der Waals surface area contributed by atoms with Crippen molar-refractivity contribution in [2.45, 2.75) is 51.1 Å². The number of pyridine rings is 1. The number of aromatic nitrogens is 1. The molecule has 0 unspecified atom stereocenters. The number of amides is 1. The van der Waals surface area contributed by atoms with Crippen molar-refractivity contribution >= 4 is 11.9 Å². The zero-order valence-corrected chi connectivity index (χ0v) is 14.7. The number of halogens is 4. The molecule has 1 aromatic rings. The van der Waals surface area contributed by atoms with Crippen LogP contribution in [0.1, 0.15) is 49.7 Å². The van der Waals surface area contributed by atoms with Gasteiger partial charge in [0.1, 0.15) is 11.3 Å².